The van der Waals surface area contributed by atoms with Crippen LogP contribution in [0.15, 0.2) is 23.7 Å². The van der Waals surface area contributed by atoms with E-state index in [0.29, 0.717) is 17.3 Å². The van der Waals surface area contributed by atoms with Gasteiger partial charge in [0.25, 0.3) is 0 Å². The SMILES string of the molecule is Cc1cc(N2CCC(Sc3nc4ncncc4[nH]3)C2=O)n(C)n1. The number of aromatic nitrogens is 6. The first kappa shape index (κ1) is 14.2. The van der Waals surface area contributed by atoms with Crippen LogP contribution < -0.4 is 4.90 Å². The molecule has 1 saturated heterocycles. The Kier molecular flexibility index (Phi) is 3.29. The monoisotopic (exact) mass is 329 g/mol. The van der Waals surface area contributed by atoms with Crippen molar-refractivity contribution in [2.75, 3.05) is 11.4 Å². The molecule has 0 spiro atoms. The van der Waals surface area contributed by atoms with Crippen molar-refractivity contribution >= 4 is 34.7 Å². The number of carbonyl (C=O) groups excluding carboxylic acids is 1. The van der Waals surface area contributed by atoms with Gasteiger partial charge in [0.2, 0.25) is 5.91 Å². The summed E-state index contributed by atoms with van der Waals surface area (Å²) in [6.45, 7) is 2.61. The Morgan fingerprint density at radius 2 is 2.30 bits per heavy atom. The second kappa shape index (κ2) is 5.34. The number of anilines is 1. The van der Waals surface area contributed by atoms with Crippen LogP contribution in [0.4, 0.5) is 5.82 Å². The van der Waals surface area contributed by atoms with Gasteiger partial charge in [0.15, 0.2) is 10.8 Å². The van der Waals surface area contributed by atoms with Gasteiger partial charge < -0.3 is 4.98 Å². The van der Waals surface area contributed by atoms with E-state index in [-0.39, 0.29) is 11.2 Å². The van der Waals surface area contributed by atoms with Crippen LogP contribution in [-0.2, 0) is 11.8 Å². The molecule has 1 aliphatic heterocycles. The number of thioether (sulfide) groups is 1. The van der Waals surface area contributed by atoms with Crippen LogP contribution in [0, 0.1) is 6.92 Å². The fourth-order valence-electron chi connectivity index (χ4n) is 2.77. The third-order valence-corrected chi connectivity index (χ3v) is 4.94. The number of nitrogens with zero attached hydrogens (tertiary/aromatic N) is 6. The smallest absolute Gasteiger partial charge is 0.241 e. The lowest BCUT2D eigenvalue weighted by Gasteiger charge is -2.15. The summed E-state index contributed by atoms with van der Waals surface area (Å²) in [5, 5.41) is 4.85. The summed E-state index contributed by atoms with van der Waals surface area (Å²) in [5.74, 6) is 0.926. The molecule has 1 N–H and O–H groups in total. The molecule has 1 atom stereocenters. The molecular weight excluding hydrogens is 314 g/mol. The van der Waals surface area contributed by atoms with Gasteiger partial charge in [0, 0.05) is 19.7 Å². The number of aromatic amines is 1. The number of amides is 1. The summed E-state index contributed by atoms with van der Waals surface area (Å²) in [6.07, 6.45) is 3.92. The molecule has 3 aromatic rings. The first-order chi connectivity index (χ1) is 11.1. The Bertz CT molecular complexity index is 853. The normalized spacial score (nSPS) is 18.3. The molecule has 1 aliphatic rings. The van der Waals surface area contributed by atoms with Crippen molar-refractivity contribution in [3.63, 3.8) is 0 Å². The maximum atomic E-state index is 12.7. The van der Waals surface area contributed by atoms with Crippen molar-refractivity contribution in [2.45, 2.75) is 23.8 Å². The van der Waals surface area contributed by atoms with Crippen molar-refractivity contribution in [2.24, 2.45) is 7.05 Å². The third kappa shape index (κ3) is 2.46. The van der Waals surface area contributed by atoms with Crippen molar-refractivity contribution in [3.8, 4) is 0 Å². The molecule has 0 radical (unpaired) electrons. The molecule has 118 valence electrons. The molecule has 1 fully saturated rings. The minimum absolute atomic E-state index is 0.0875. The predicted octanol–water partition coefficient (Wildman–Crippen LogP) is 1.29. The van der Waals surface area contributed by atoms with Gasteiger partial charge in [0.05, 0.1) is 17.1 Å². The van der Waals surface area contributed by atoms with E-state index in [1.165, 1.54) is 18.1 Å². The van der Waals surface area contributed by atoms with Crippen LogP contribution >= 0.6 is 11.8 Å². The standard InChI is InChI=1S/C14H15N7OS/c1-8-5-11(20(2)19-8)21-4-3-10(13(21)22)23-14-17-9-6-15-7-16-12(9)18-14/h5-7,10H,3-4H2,1-2H3,(H,15,16,17,18). The van der Waals surface area contributed by atoms with Crippen LogP contribution in [0.25, 0.3) is 11.2 Å². The van der Waals surface area contributed by atoms with Gasteiger partial charge in [-0.2, -0.15) is 5.10 Å². The van der Waals surface area contributed by atoms with Crippen molar-refractivity contribution < 1.29 is 4.79 Å². The van der Waals surface area contributed by atoms with Gasteiger partial charge in [0.1, 0.15) is 17.7 Å². The Labute approximate surface area is 136 Å². The molecule has 23 heavy (non-hydrogen) atoms. The molecule has 8 nitrogen and oxygen atoms in total. The van der Waals surface area contributed by atoms with Gasteiger partial charge in [-0.05, 0) is 13.3 Å². The zero-order valence-electron chi connectivity index (χ0n) is 12.7. The van der Waals surface area contributed by atoms with Gasteiger partial charge >= 0.3 is 0 Å². The topological polar surface area (TPSA) is 92.6 Å². The number of nitrogens with one attached hydrogen (secondary N) is 1. The molecule has 0 aliphatic carbocycles. The number of rotatable bonds is 3. The molecule has 9 heteroatoms. The van der Waals surface area contributed by atoms with Crippen LogP contribution in [0.2, 0.25) is 0 Å². The zero-order valence-corrected chi connectivity index (χ0v) is 13.5. The quantitative estimate of drug-likeness (QED) is 0.778. The van der Waals surface area contributed by atoms with E-state index < -0.39 is 0 Å². The third-order valence-electron chi connectivity index (χ3n) is 3.80. The fourth-order valence-corrected chi connectivity index (χ4v) is 3.80. The summed E-state index contributed by atoms with van der Waals surface area (Å²) in [6, 6.07) is 1.93. The largest absolute Gasteiger partial charge is 0.330 e. The molecule has 4 rings (SSSR count). The van der Waals surface area contributed by atoms with Crippen molar-refractivity contribution in [1.82, 2.24) is 29.7 Å². The van der Waals surface area contributed by atoms with E-state index in [0.717, 1.165) is 23.4 Å². The number of hydrogen-bond acceptors (Lipinski definition) is 6. The zero-order chi connectivity index (χ0) is 16.0. The first-order valence-corrected chi connectivity index (χ1v) is 8.14. The molecule has 4 heterocycles. The van der Waals surface area contributed by atoms with E-state index in [4.69, 9.17) is 0 Å². The Hall–Kier alpha value is -2.42. The number of aryl methyl sites for hydroxylation is 2. The first-order valence-electron chi connectivity index (χ1n) is 7.26. The minimum Gasteiger partial charge on any atom is -0.330 e. The lowest BCUT2D eigenvalue weighted by atomic mass is 10.4. The van der Waals surface area contributed by atoms with Gasteiger partial charge in [-0.1, -0.05) is 11.8 Å². The van der Waals surface area contributed by atoms with Gasteiger partial charge in [-0.25, -0.2) is 15.0 Å². The lowest BCUT2D eigenvalue weighted by Crippen LogP contribution is -2.29. The van der Waals surface area contributed by atoms with Gasteiger partial charge in [-0.15, -0.1) is 0 Å². The number of fused-ring (bicyclic) bond motifs is 1. The summed E-state index contributed by atoms with van der Waals surface area (Å²) in [4.78, 5) is 30.1. The minimum atomic E-state index is -0.154. The number of H-pyrrole nitrogens is 1. The van der Waals surface area contributed by atoms with E-state index in [1.54, 1.807) is 15.8 Å². The molecule has 1 amide bonds. The summed E-state index contributed by atoms with van der Waals surface area (Å²) in [5.41, 5.74) is 2.30. The highest BCUT2D eigenvalue weighted by atomic mass is 32.2. The molecule has 1 unspecified atom stereocenters. The van der Waals surface area contributed by atoms with Crippen molar-refractivity contribution in [1.29, 1.82) is 0 Å². The van der Waals surface area contributed by atoms with Crippen LogP contribution in [0.1, 0.15) is 12.1 Å². The van der Waals surface area contributed by atoms with E-state index in [1.807, 2.05) is 20.0 Å². The molecule has 0 saturated carbocycles. The van der Waals surface area contributed by atoms with Crippen LogP contribution in [0.3, 0.4) is 0 Å². The fraction of sp³-hybridized carbons (Fsp3) is 0.357. The lowest BCUT2D eigenvalue weighted by molar-refractivity contribution is -0.116. The maximum absolute atomic E-state index is 12.7. The van der Waals surface area contributed by atoms with E-state index in [9.17, 15) is 4.79 Å². The molecule has 0 bridgehead atoms. The number of carbonyl (C=O) groups is 1. The molecule has 3 aromatic heterocycles. The average Bonchev–Trinajstić information content (AvgIpc) is 3.18. The summed E-state index contributed by atoms with van der Waals surface area (Å²) >= 11 is 1.44. The second-order valence-corrected chi connectivity index (χ2v) is 6.65. The van der Waals surface area contributed by atoms with Crippen LogP contribution in [0.5, 0.6) is 0 Å². The summed E-state index contributed by atoms with van der Waals surface area (Å²) < 4.78 is 1.75. The predicted molar refractivity (Wildman–Crippen MR) is 86.2 cm³/mol. The highest BCUT2D eigenvalue weighted by Crippen LogP contribution is 2.32. The Morgan fingerprint density at radius 3 is 3.04 bits per heavy atom. The molecular formula is C14H15N7OS. The maximum Gasteiger partial charge on any atom is 0.241 e. The van der Waals surface area contributed by atoms with Crippen LogP contribution in [-0.4, -0.2) is 47.4 Å². The number of hydrogen-bond donors (Lipinski definition) is 1. The van der Waals surface area contributed by atoms with E-state index in [2.05, 4.69) is 25.0 Å². The Morgan fingerprint density at radius 1 is 1.43 bits per heavy atom. The highest BCUT2D eigenvalue weighted by molar-refractivity contribution is 8.00. The second-order valence-electron chi connectivity index (χ2n) is 5.45. The molecule has 0 aromatic carbocycles. The Balaban J connectivity index is 1.54. The number of imidazole rings is 1. The van der Waals surface area contributed by atoms with Crippen molar-refractivity contribution in [3.05, 3.63) is 24.3 Å². The van der Waals surface area contributed by atoms with E-state index >= 15 is 0 Å². The highest BCUT2D eigenvalue weighted by Gasteiger charge is 2.35. The van der Waals surface area contributed by atoms with Gasteiger partial charge in [-0.3, -0.25) is 14.4 Å². The summed E-state index contributed by atoms with van der Waals surface area (Å²) in [7, 11) is 1.86. The average molecular weight is 329 g/mol.